The first kappa shape index (κ1) is 36.9. The van der Waals surface area contributed by atoms with Crippen molar-refractivity contribution in [3.63, 3.8) is 0 Å². The van der Waals surface area contributed by atoms with Gasteiger partial charge in [0.05, 0.1) is 73.4 Å². The van der Waals surface area contributed by atoms with E-state index in [1.54, 1.807) is 18.2 Å². The molecule has 396 valence electrons. The molecule has 3 aromatic heterocycles. The summed E-state index contributed by atoms with van der Waals surface area (Å²) in [6.07, 6.45) is 0. The van der Waals surface area contributed by atoms with Crippen LogP contribution in [0.3, 0.4) is 0 Å². The van der Waals surface area contributed by atoms with Crippen LogP contribution < -0.4 is 26.2 Å². The van der Waals surface area contributed by atoms with Crippen molar-refractivity contribution in [2.75, 3.05) is 9.80 Å². The molecule has 0 saturated carbocycles. The number of benzene rings is 12. The van der Waals surface area contributed by atoms with Gasteiger partial charge >= 0.3 is 0 Å². The molecule has 2 aliphatic heterocycles. The number of anilines is 6. The van der Waals surface area contributed by atoms with Crippen LogP contribution in [0, 0.1) is 22.7 Å². The molecule has 0 amide bonds. The molecule has 12 aromatic carbocycles. The first-order valence-electron chi connectivity index (χ1n) is 34.5. The van der Waals surface area contributed by atoms with Gasteiger partial charge in [-0.25, -0.2) is 0 Å². The number of fused-ring (bicyclic) bond motifs is 13. The summed E-state index contributed by atoms with van der Waals surface area (Å²) in [5, 5.41) is 26.6. The molecule has 0 bridgehead atoms. The summed E-state index contributed by atoms with van der Waals surface area (Å²) in [7, 11) is 0. The van der Waals surface area contributed by atoms with E-state index in [-0.39, 0.29) is 33.3 Å². The summed E-state index contributed by atoms with van der Waals surface area (Å²) < 4.78 is 124. The minimum atomic E-state index is -0.712. The molecule has 5 heterocycles. The second kappa shape index (κ2) is 18.6. The number of para-hydroxylation sites is 6. The van der Waals surface area contributed by atoms with Crippen LogP contribution in [0.15, 0.2) is 261 Å². The molecule has 17 rings (SSSR count). The standard InChI is InChI=1S/C77H50BN7/c1-48(2)53-41-75-77-76(42-53)85(72-43-54(35-32-52(72)47-80)81-65-26-12-6-20-57(65)58-21-7-13-27-66(58)81)73-40-50(49-18-4-3-5-19-49)34-38-63(73)78(77)64-39-37-56(82-67-28-14-8-22-59(67)60-23-9-15-29-68(60)82)45-74(64)83(75)55-36-33-51(46-79)71(44-55)84-69-30-16-10-24-61(69)62-25-11-17-31-70(62)84/h3-45,48H,1-2H3/i3D,4D,5D,8D,9D,14D,15D,18D,19D,22D,23D,28D,29D. The van der Waals surface area contributed by atoms with Crippen molar-refractivity contribution in [2.45, 2.75) is 19.8 Å². The zero-order valence-corrected chi connectivity index (χ0v) is 45.6. The summed E-state index contributed by atoms with van der Waals surface area (Å²) in [4.78, 5) is 4.17. The van der Waals surface area contributed by atoms with E-state index in [1.807, 2.05) is 115 Å². The number of nitriles is 2. The Hall–Kier alpha value is -11.3. The highest BCUT2D eigenvalue weighted by atomic mass is 15.2. The van der Waals surface area contributed by atoms with Crippen molar-refractivity contribution in [3.05, 3.63) is 277 Å². The van der Waals surface area contributed by atoms with E-state index in [2.05, 4.69) is 93.5 Å². The van der Waals surface area contributed by atoms with Crippen molar-refractivity contribution in [1.82, 2.24) is 13.7 Å². The van der Waals surface area contributed by atoms with Crippen molar-refractivity contribution in [2.24, 2.45) is 0 Å². The zero-order valence-electron chi connectivity index (χ0n) is 58.6. The van der Waals surface area contributed by atoms with Gasteiger partial charge in [0.15, 0.2) is 0 Å². The van der Waals surface area contributed by atoms with Crippen LogP contribution in [0.2, 0.25) is 0 Å². The minimum Gasteiger partial charge on any atom is -0.311 e. The van der Waals surface area contributed by atoms with E-state index in [1.165, 1.54) is 4.57 Å². The van der Waals surface area contributed by atoms with Gasteiger partial charge in [-0.3, -0.25) is 0 Å². The summed E-state index contributed by atoms with van der Waals surface area (Å²) >= 11 is 0. The van der Waals surface area contributed by atoms with Crippen LogP contribution in [-0.4, -0.2) is 20.4 Å². The summed E-state index contributed by atoms with van der Waals surface area (Å²) in [6.45, 7) is 3.46. The normalized spacial score (nSPS) is 14.7. The predicted molar refractivity (Wildman–Crippen MR) is 352 cm³/mol. The van der Waals surface area contributed by atoms with Crippen LogP contribution in [0.1, 0.15) is 54.3 Å². The Labute approximate surface area is 509 Å². The van der Waals surface area contributed by atoms with Crippen molar-refractivity contribution >= 4 is 123 Å². The number of aromatic nitrogens is 3. The summed E-state index contributed by atoms with van der Waals surface area (Å²) in [5.41, 5.74) is 12.5. The van der Waals surface area contributed by atoms with Gasteiger partial charge in [-0.05, 0) is 142 Å². The van der Waals surface area contributed by atoms with Crippen LogP contribution >= 0.6 is 0 Å². The van der Waals surface area contributed by atoms with Crippen molar-refractivity contribution < 1.29 is 17.8 Å². The molecule has 85 heavy (non-hydrogen) atoms. The Morgan fingerprint density at radius 1 is 0.365 bits per heavy atom. The maximum atomic E-state index is 11.6. The van der Waals surface area contributed by atoms with E-state index in [0.717, 1.165) is 60.3 Å². The second-order valence-corrected chi connectivity index (χ2v) is 21.9. The predicted octanol–water partition coefficient (Wildman–Crippen LogP) is 17.6. The Kier molecular flexibility index (Phi) is 8.08. The van der Waals surface area contributed by atoms with Gasteiger partial charge in [-0.15, -0.1) is 0 Å². The minimum absolute atomic E-state index is 0.0254. The lowest BCUT2D eigenvalue weighted by molar-refractivity contribution is 0.866. The Morgan fingerprint density at radius 3 is 1.39 bits per heavy atom. The van der Waals surface area contributed by atoms with Gasteiger partial charge < -0.3 is 23.5 Å². The third-order valence-corrected chi connectivity index (χ3v) is 17.2. The molecule has 8 heteroatoms. The third-order valence-electron chi connectivity index (χ3n) is 17.2. The number of hydrogen-bond acceptors (Lipinski definition) is 4. The van der Waals surface area contributed by atoms with Gasteiger partial charge in [0.2, 0.25) is 0 Å². The third kappa shape index (κ3) is 7.07. The van der Waals surface area contributed by atoms with Gasteiger partial charge in [-0.2, -0.15) is 10.5 Å². The van der Waals surface area contributed by atoms with E-state index >= 15 is 0 Å². The average molecular weight is 1100 g/mol. The Morgan fingerprint density at radius 2 is 0.812 bits per heavy atom. The maximum Gasteiger partial charge on any atom is 0.252 e. The van der Waals surface area contributed by atoms with E-state index in [9.17, 15) is 18.7 Å². The molecule has 0 spiro atoms. The molecule has 2 aliphatic rings. The molecule has 0 radical (unpaired) electrons. The summed E-state index contributed by atoms with van der Waals surface area (Å²) in [5.74, 6) is -0.164. The van der Waals surface area contributed by atoms with E-state index < -0.39 is 85.3 Å². The molecular weight excluding hydrogens is 1030 g/mol. The topological polar surface area (TPSA) is 68.8 Å². The average Bonchev–Trinajstić information content (AvgIpc) is 0.897. The second-order valence-electron chi connectivity index (χ2n) is 21.9. The number of hydrogen-bond donors (Lipinski definition) is 0. The van der Waals surface area contributed by atoms with Gasteiger partial charge in [-0.1, -0.05) is 171 Å². The molecule has 0 aliphatic carbocycles. The molecule has 0 N–H and O–H groups in total. The fourth-order valence-electron chi connectivity index (χ4n) is 13.5. The van der Waals surface area contributed by atoms with Crippen LogP contribution in [0.4, 0.5) is 34.1 Å². The lowest BCUT2D eigenvalue weighted by Gasteiger charge is -2.45. The van der Waals surface area contributed by atoms with E-state index in [4.69, 9.17) is 9.60 Å². The highest BCUT2D eigenvalue weighted by molar-refractivity contribution is 7.00. The fraction of sp³-hybridized carbons (Fsp3) is 0.0390. The van der Waals surface area contributed by atoms with Crippen LogP contribution in [0.25, 0.3) is 93.6 Å². The van der Waals surface area contributed by atoms with Gasteiger partial charge in [0.25, 0.3) is 6.71 Å². The molecule has 0 fully saturated rings. The number of rotatable bonds is 7. The van der Waals surface area contributed by atoms with Crippen molar-refractivity contribution in [3.8, 4) is 40.3 Å². The molecular formula is C77H50BN7. The van der Waals surface area contributed by atoms with Crippen LogP contribution in [-0.2, 0) is 0 Å². The monoisotopic (exact) mass is 1100 g/mol. The quantitative estimate of drug-likeness (QED) is 0.149. The smallest absolute Gasteiger partial charge is 0.252 e. The highest BCUT2D eigenvalue weighted by Crippen LogP contribution is 2.49. The maximum absolute atomic E-state index is 11.6. The largest absolute Gasteiger partial charge is 0.311 e. The highest BCUT2D eigenvalue weighted by Gasteiger charge is 2.45. The number of nitrogens with zero attached hydrogens (tertiary/aromatic N) is 7. The molecule has 0 unspecified atom stereocenters. The molecule has 0 atom stereocenters. The van der Waals surface area contributed by atoms with Crippen LogP contribution in [0.5, 0.6) is 0 Å². The molecule has 15 aromatic rings. The fourth-order valence-corrected chi connectivity index (χ4v) is 13.5. The van der Waals surface area contributed by atoms with E-state index in [0.29, 0.717) is 73.1 Å². The lowest BCUT2D eigenvalue weighted by atomic mass is 9.33. The summed E-state index contributed by atoms with van der Waals surface area (Å²) in [6, 6.07) is 57.6. The Bertz CT molecular complexity index is 6020. The first-order chi connectivity index (χ1) is 47.3. The zero-order chi connectivity index (χ0) is 67.9. The van der Waals surface area contributed by atoms with Gasteiger partial charge in [0, 0.05) is 72.1 Å². The SMILES string of the molecule is [2H]c1c([2H])c([2H])c(-c2ccc3c(c2)N(c2cc(-n4c5ccccc5c5ccccc54)ccc2C#N)c2cc(C(C)C)cc4c2B3c2ccc(-n3c5c([2H])c([2H])c([2H])c([2H])c5c5c([2H])c([2H])c([2H])c([2H])c53)cc2N4c2ccc(C#N)c(-n3c4ccccc4c4ccccc43)c2)c([2H])c1[2H]. The lowest BCUT2D eigenvalue weighted by Crippen LogP contribution is -2.61. The molecule has 0 saturated heterocycles. The van der Waals surface area contributed by atoms with Crippen molar-refractivity contribution in [1.29, 1.82) is 10.5 Å². The molecule has 7 nitrogen and oxygen atoms in total. The van der Waals surface area contributed by atoms with Gasteiger partial charge in [0.1, 0.15) is 12.1 Å². The Balaban J connectivity index is 1.02. The first-order valence-corrected chi connectivity index (χ1v) is 28.0.